The molecule has 1 aliphatic rings. The van der Waals surface area contributed by atoms with E-state index in [4.69, 9.17) is 9.47 Å². The van der Waals surface area contributed by atoms with Crippen LogP contribution in [0.15, 0.2) is 64.8 Å². The molecule has 50 heavy (non-hydrogen) atoms. The van der Waals surface area contributed by atoms with Crippen LogP contribution >= 0.6 is 11.3 Å². The van der Waals surface area contributed by atoms with E-state index >= 15 is 0 Å². The Hall–Kier alpha value is -3.36. The molecule has 0 N–H and O–H groups in total. The number of aromatic nitrogens is 1. The van der Waals surface area contributed by atoms with E-state index in [0.717, 1.165) is 75.1 Å². The Bertz CT molecular complexity index is 1640. The Morgan fingerprint density at radius 2 is 1.46 bits per heavy atom. The lowest BCUT2D eigenvalue weighted by Crippen LogP contribution is -2.46. The van der Waals surface area contributed by atoms with Crippen molar-refractivity contribution in [1.82, 2.24) is 9.47 Å². The lowest BCUT2D eigenvalue weighted by atomic mass is 10.0. The van der Waals surface area contributed by atoms with Gasteiger partial charge in [-0.1, -0.05) is 90.0 Å². The Balaban J connectivity index is 0.951. The molecule has 8 heteroatoms. The fourth-order valence-electron chi connectivity index (χ4n) is 7.08. The molecule has 0 spiro atoms. The second kappa shape index (κ2) is 21.1. The Morgan fingerprint density at radius 1 is 0.760 bits per heavy atom. The highest BCUT2D eigenvalue weighted by Crippen LogP contribution is 2.31. The van der Waals surface area contributed by atoms with E-state index in [1.807, 2.05) is 35.6 Å². The van der Waals surface area contributed by atoms with E-state index in [-0.39, 0.29) is 18.3 Å². The predicted octanol–water partition coefficient (Wildman–Crippen LogP) is 10.2. The fourth-order valence-corrected chi connectivity index (χ4v) is 7.89. The van der Waals surface area contributed by atoms with Gasteiger partial charge >= 0.3 is 5.97 Å². The van der Waals surface area contributed by atoms with Crippen molar-refractivity contribution in [3.63, 3.8) is 0 Å². The summed E-state index contributed by atoms with van der Waals surface area (Å²) < 4.78 is 14.6. The number of unbranched alkanes of at least 4 members (excludes halogenated alkanes) is 13. The molecule has 272 valence electrons. The number of hydrogen-bond donors (Lipinski definition) is 0. The van der Waals surface area contributed by atoms with Crippen molar-refractivity contribution < 1.29 is 14.3 Å². The molecule has 0 aliphatic carbocycles. The van der Waals surface area contributed by atoms with Gasteiger partial charge in [0.2, 0.25) is 0 Å². The third-order valence-corrected chi connectivity index (χ3v) is 11.0. The maximum Gasteiger partial charge on any atom is 0.307 e. The van der Waals surface area contributed by atoms with E-state index in [9.17, 15) is 9.59 Å². The first kappa shape index (κ1) is 37.9. The zero-order valence-electron chi connectivity index (χ0n) is 30.4. The first-order valence-corrected chi connectivity index (χ1v) is 20.4. The highest BCUT2D eigenvalue weighted by Gasteiger charge is 2.18. The van der Waals surface area contributed by atoms with E-state index in [1.165, 1.54) is 97.0 Å². The number of pyridine rings is 1. The van der Waals surface area contributed by atoms with Crippen LogP contribution in [-0.2, 0) is 16.3 Å². The molecule has 2 aromatic carbocycles. The van der Waals surface area contributed by atoms with Crippen LogP contribution in [0.2, 0.25) is 0 Å². The fraction of sp³-hybridized carbons (Fsp3) is 0.571. The monoisotopic (exact) mass is 701 g/mol. The molecule has 0 radical (unpaired) electrons. The highest BCUT2D eigenvalue weighted by molar-refractivity contribution is 7.17. The Morgan fingerprint density at radius 3 is 2.20 bits per heavy atom. The molecule has 0 amide bonds. The third-order valence-electron chi connectivity index (χ3n) is 10.1. The zero-order chi connectivity index (χ0) is 34.8. The van der Waals surface area contributed by atoms with Gasteiger partial charge in [0, 0.05) is 60.5 Å². The maximum absolute atomic E-state index is 12.8. The number of ether oxygens (including phenoxy) is 2. The largest absolute Gasteiger partial charge is 0.494 e. The molecular weight excluding hydrogens is 643 g/mol. The summed E-state index contributed by atoms with van der Waals surface area (Å²) in [6.45, 7) is 8.15. The number of esters is 1. The van der Waals surface area contributed by atoms with E-state index in [2.05, 4.69) is 46.4 Å². The molecule has 0 bridgehead atoms. The topological polar surface area (TPSA) is 64.0 Å². The number of hydrogen-bond acceptors (Lipinski definition) is 7. The van der Waals surface area contributed by atoms with E-state index in [0.29, 0.717) is 13.0 Å². The Labute approximate surface area is 303 Å². The van der Waals surface area contributed by atoms with Crippen LogP contribution in [0.3, 0.4) is 0 Å². The molecule has 1 aliphatic heterocycles. The van der Waals surface area contributed by atoms with Crippen molar-refractivity contribution in [1.29, 1.82) is 0 Å². The normalized spacial score (nSPS) is 13.7. The summed E-state index contributed by atoms with van der Waals surface area (Å²) in [5, 5.41) is 4.47. The average Bonchev–Trinajstić information content (AvgIpc) is 3.63. The van der Waals surface area contributed by atoms with Gasteiger partial charge in [0.25, 0.3) is 5.56 Å². The molecule has 3 heterocycles. The summed E-state index contributed by atoms with van der Waals surface area (Å²) in [5.41, 5.74) is 1.90. The lowest BCUT2D eigenvalue weighted by molar-refractivity contribution is -0.147. The van der Waals surface area contributed by atoms with Crippen LogP contribution in [0, 0.1) is 0 Å². The van der Waals surface area contributed by atoms with Crippen molar-refractivity contribution in [3.05, 3.63) is 70.3 Å². The van der Waals surface area contributed by atoms with E-state index in [1.54, 1.807) is 0 Å². The van der Waals surface area contributed by atoms with Gasteiger partial charge in [0.1, 0.15) is 5.75 Å². The minimum absolute atomic E-state index is 0.0768. The first-order valence-electron chi connectivity index (χ1n) is 19.5. The van der Waals surface area contributed by atoms with Crippen LogP contribution in [-0.4, -0.2) is 54.8 Å². The van der Waals surface area contributed by atoms with Crippen molar-refractivity contribution in [2.24, 2.45) is 0 Å². The highest BCUT2D eigenvalue weighted by atomic mass is 32.1. The molecule has 1 fully saturated rings. The molecule has 0 unspecified atom stereocenters. The van der Waals surface area contributed by atoms with Gasteiger partial charge in [0.05, 0.1) is 12.1 Å². The number of piperazine rings is 1. The second-order valence-electron chi connectivity index (χ2n) is 14.0. The lowest BCUT2D eigenvalue weighted by Gasteiger charge is -2.36. The molecule has 2 aromatic heterocycles. The zero-order valence-corrected chi connectivity index (χ0v) is 31.2. The van der Waals surface area contributed by atoms with Gasteiger partial charge in [-0.2, -0.15) is 0 Å². The maximum atomic E-state index is 12.8. The third kappa shape index (κ3) is 11.9. The average molecular weight is 702 g/mol. The summed E-state index contributed by atoms with van der Waals surface area (Å²) >= 11 is 1.81. The SMILES string of the molecule is CCCCCCCCCCCCCCCC(=O)OCn1c(=O)ccc2ccc(OCCCCN3CCN(c4cccc5sccc45)CC3)cc21. The number of anilines is 1. The summed E-state index contributed by atoms with van der Waals surface area (Å²) in [4.78, 5) is 30.3. The van der Waals surface area contributed by atoms with Crippen molar-refractivity contribution >= 4 is 44.0 Å². The number of thiophene rings is 1. The second-order valence-corrected chi connectivity index (χ2v) is 14.9. The van der Waals surface area contributed by atoms with E-state index < -0.39 is 0 Å². The molecule has 5 rings (SSSR count). The minimum atomic E-state index is -0.245. The van der Waals surface area contributed by atoms with Gasteiger partial charge in [-0.15, -0.1) is 11.3 Å². The Kier molecular flexibility index (Phi) is 16.0. The smallest absolute Gasteiger partial charge is 0.307 e. The van der Waals surface area contributed by atoms with Crippen molar-refractivity contribution in [2.45, 2.75) is 116 Å². The van der Waals surface area contributed by atoms with Gasteiger partial charge in [-0.05, 0) is 73.0 Å². The number of rotatable bonds is 23. The quantitative estimate of drug-likeness (QED) is 0.0567. The molecule has 1 saturated heterocycles. The first-order chi connectivity index (χ1) is 24.6. The number of nitrogens with zero attached hydrogens (tertiary/aromatic N) is 3. The van der Waals surface area contributed by atoms with Gasteiger partial charge < -0.3 is 14.4 Å². The number of benzene rings is 2. The standard InChI is InChI=1S/C42H59N3O4S/c1-2-3-4-5-6-7-8-9-10-11-12-13-14-20-42(47)49-34-45-39-33-36(23-21-35(39)22-24-41(45)46)48-31-16-15-26-43-27-29-44(30-28-43)38-18-17-19-40-37(38)25-32-50-40/h17-19,21-25,32-33H,2-16,20,26-31,34H2,1H3. The van der Waals surface area contributed by atoms with Gasteiger partial charge in [-0.3, -0.25) is 19.1 Å². The summed E-state index contributed by atoms with van der Waals surface area (Å²) in [6.07, 6.45) is 18.9. The number of carbonyl (C=O) groups is 1. The summed E-state index contributed by atoms with van der Waals surface area (Å²) in [7, 11) is 0. The van der Waals surface area contributed by atoms with Crippen LogP contribution < -0.4 is 15.2 Å². The van der Waals surface area contributed by atoms with Crippen LogP contribution in [0.4, 0.5) is 5.69 Å². The number of fused-ring (bicyclic) bond motifs is 2. The molecule has 0 atom stereocenters. The summed E-state index contributed by atoms with van der Waals surface area (Å²) in [5.74, 6) is 0.483. The van der Waals surface area contributed by atoms with Crippen LogP contribution in [0.25, 0.3) is 21.0 Å². The van der Waals surface area contributed by atoms with Crippen LogP contribution in [0.5, 0.6) is 5.75 Å². The minimum Gasteiger partial charge on any atom is -0.494 e. The predicted molar refractivity (Wildman–Crippen MR) is 210 cm³/mol. The van der Waals surface area contributed by atoms with Crippen molar-refractivity contribution in [2.75, 3.05) is 44.2 Å². The molecule has 7 nitrogen and oxygen atoms in total. The number of carbonyl (C=O) groups excluding carboxylic acids is 1. The summed E-state index contributed by atoms with van der Waals surface area (Å²) in [6, 6.07) is 18.0. The van der Waals surface area contributed by atoms with Gasteiger partial charge in [0.15, 0.2) is 6.73 Å². The molecular formula is C42H59N3O4S. The molecule has 0 saturated carbocycles. The van der Waals surface area contributed by atoms with Crippen molar-refractivity contribution in [3.8, 4) is 5.75 Å². The molecule has 4 aromatic rings. The van der Waals surface area contributed by atoms with Crippen LogP contribution in [0.1, 0.15) is 110 Å². The van der Waals surface area contributed by atoms with Gasteiger partial charge in [-0.25, -0.2) is 0 Å².